The fourth-order valence-electron chi connectivity index (χ4n) is 3.47. The molecule has 0 aliphatic heterocycles. The zero-order chi connectivity index (χ0) is 23.8. The Kier molecular flexibility index (Phi) is 7.53. The number of nitrogens with two attached hydrogens (primary N) is 1. The van der Waals surface area contributed by atoms with Crippen molar-refractivity contribution in [3.63, 3.8) is 0 Å². The number of primary amides is 1. The third-order valence-corrected chi connectivity index (χ3v) is 5.33. The predicted molar refractivity (Wildman–Crippen MR) is 132 cm³/mol. The van der Waals surface area contributed by atoms with Gasteiger partial charge in [-0.05, 0) is 55.4 Å². The highest BCUT2D eigenvalue weighted by Gasteiger charge is 2.08. The van der Waals surface area contributed by atoms with E-state index >= 15 is 0 Å². The van der Waals surface area contributed by atoms with Gasteiger partial charge in [-0.3, -0.25) is 4.79 Å². The molecule has 1 amide bonds. The molecule has 0 radical (unpaired) electrons. The first-order chi connectivity index (χ1) is 16.6. The first kappa shape index (κ1) is 23.0. The summed E-state index contributed by atoms with van der Waals surface area (Å²) < 4.78 is 11.8. The molecule has 0 bridgehead atoms. The fourth-order valence-corrected chi connectivity index (χ4v) is 3.47. The summed E-state index contributed by atoms with van der Waals surface area (Å²) in [5.74, 6) is 2.29. The third kappa shape index (κ3) is 6.43. The first-order valence-corrected chi connectivity index (χ1v) is 11.1. The molecule has 4 rings (SSSR count). The number of para-hydroxylation sites is 2. The van der Waals surface area contributed by atoms with E-state index in [1.54, 1.807) is 12.1 Å². The van der Waals surface area contributed by atoms with Crippen LogP contribution in [0.3, 0.4) is 0 Å². The predicted octanol–water partition coefficient (Wildman–Crippen LogP) is 5.44. The van der Waals surface area contributed by atoms with Crippen molar-refractivity contribution in [3.05, 3.63) is 114 Å². The van der Waals surface area contributed by atoms with Crippen molar-refractivity contribution < 1.29 is 14.3 Å². The minimum atomic E-state index is -0.513. The van der Waals surface area contributed by atoms with Crippen LogP contribution in [0, 0.1) is 0 Å². The molecule has 0 spiro atoms. The molecular formula is C28H27N3O3. The second-order valence-corrected chi connectivity index (χ2v) is 8.01. The van der Waals surface area contributed by atoms with Crippen LogP contribution in [0.5, 0.6) is 23.1 Å². The summed E-state index contributed by atoms with van der Waals surface area (Å²) in [4.78, 5) is 17.5. The molecule has 0 unspecified atom stereocenters. The standard InChI is InChI=1S/C28H27N3O3/c1-31(20-23-7-5-6-10-26(23)33-24-8-3-2-4-9-24)18-17-21-11-14-25(15-12-21)34-27-16-13-22(19-30-27)28(29)32/h2-16,19H,17-18,20H2,1H3,(H2,29,32). The molecule has 1 heterocycles. The summed E-state index contributed by atoms with van der Waals surface area (Å²) in [6, 6.07) is 29.1. The highest BCUT2D eigenvalue weighted by molar-refractivity contribution is 5.92. The lowest BCUT2D eigenvalue weighted by atomic mass is 10.1. The van der Waals surface area contributed by atoms with E-state index in [1.807, 2.05) is 72.8 Å². The molecule has 2 N–H and O–H groups in total. The Morgan fingerprint density at radius 3 is 2.26 bits per heavy atom. The van der Waals surface area contributed by atoms with Crippen LogP contribution in [-0.4, -0.2) is 29.4 Å². The first-order valence-electron chi connectivity index (χ1n) is 11.1. The van der Waals surface area contributed by atoms with Gasteiger partial charge >= 0.3 is 0 Å². The Morgan fingerprint density at radius 1 is 0.853 bits per heavy atom. The van der Waals surface area contributed by atoms with Gasteiger partial charge in [0.25, 0.3) is 0 Å². The van der Waals surface area contributed by atoms with Gasteiger partial charge in [-0.25, -0.2) is 4.98 Å². The molecular weight excluding hydrogens is 426 g/mol. The number of hydrogen-bond donors (Lipinski definition) is 1. The monoisotopic (exact) mass is 453 g/mol. The lowest BCUT2D eigenvalue weighted by molar-refractivity contribution is 0.1000. The number of likely N-dealkylation sites (N-methyl/N-ethyl adjacent to an activating group) is 1. The number of ether oxygens (including phenoxy) is 2. The van der Waals surface area contributed by atoms with Crippen LogP contribution in [0.2, 0.25) is 0 Å². The number of nitrogens with zero attached hydrogens (tertiary/aromatic N) is 2. The maximum absolute atomic E-state index is 11.1. The molecule has 6 nitrogen and oxygen atoms in total. The Balaban J connectivity index is 1.30. The SMILES string of the molecule is CN(CCc1ccc(Oc2ccc(C(N)=O)cn2)cc1)Cc1ccccc1Oc1ccccc1. The van der Waals surface area contributed by atoms with Crippen LogP contribution < -0.4 is 15.2 Å². The van der Waals surface area contributed by atoms with E-state index < -0.39 is 5.91 Å². The Hall–Kier alpha value is -4.16. The molecule has 0 fully saturated rings. The Morgan fingerprint density at radius 2 is 1.56 bits per heavy atom. The smallest absolute Gasteiger partial charge is 0.250 e. The second-order valence-electron chi connectivity index (χ2n) is 8.01. The fraction of sp³-hybridized carbons (Fsp3) is 0.143. The highest BCUT2D eigenvalue weighted by Crippen LogP contribution is 2.26. The Labute approximate surface area is 199 Å². The molecule has 0 aliphatic carbocycles. The lowest BCUT2D eigenvalue weighted by Crippen LogP contribution is -2.21. The summed E-state index contributed by atoms with van der Waals surface area (Å²) in [7, 11) is 2.11. The molecule has 172 valence electrons. The molecule has 1 aromatic heterocycles. The van der Waals surface area contributed by atoms with Crippen LogP contribution >= 0.6 is 0 Å². The largest absolute Gasteiger partial charge is 0.457 e. The van der Waals surface area contributed by atoms with Crippen molar-refractivity contribution in [2.24, 2.45) is 5.73 Å². The molecule has 34 heavy (non-hydrogen) atoms. The number of carbonyl (C=O) groups is 1. The number of hydrogen-bond acceptors (Lipinski definition) is 5. The van der Waals surface area contributed by atoms with Crippen LogP contribution in [0.25, 0.3) is 0 Å². The van der Waals surface area contributed by atoms with Gasteiger partial charge in [-0.2, -0.15) is 0 Å². The van der Waals surface area contributed by atoms with Crippen molar-refractivity contribution in [1.82, 2.24) is 9.88 Å². The number of rotatable bonds is 10. The van der Waals surface area contributed by atoms with Crippen molar-refractivity contribution in [2.75, 3.05) is 13.6 Å². The van der Waals surface area contributed by atoms with E-state index in [4.69, 9.17) is 15.2 Å². The Bertz CT molecular complexity index is 1210. The zero-order valence-electron chi connectivity index (χ0n) is 19.1. The van der Waals surface area contributed by atoms with E-state index in [-0.39, 0.29) is 0 Å². The van der Waals surface area contributed by atoms with E-state index in [1.165, 1.54) is 11.8 Å². The van der Waals surface area contributed by atoms with E-state index in [9.17, 15) is 4.79 Å². The molecule has 0 aliphatic rings. The maximum Gasteiger partial charge on any atom is 0.250 e. The van der Waals surface area contributed by atoms with E-state index in [0.29, 0.717) is 17.2 Å². The van der Waals surface area contributed by atoms with Gasteiger partial charge < -0.3 is 20.1 Å². The number of amides is 1. The second kappa shape index (κ2) is 11.1. The number of carbonyl (C=O) groups excluding carboxylic acids is 1. The van der Waals surface area contributed by atoms with Crippen LogP contribution in [0.15, 0.2) is 97.2 Å². The van der Waals surface area contributed by atoms with Crippen LogP contribution in [-0.2, 0) is 13.0 Å². The van der Waals surface area contributed by atoms with Crippen LogP contribution in [0.1, 0.15) is 21.5 Å². The number of pyridine rings is 1. The molecule has 0 saturated heterocycles. The normalized spacial score (nSPS) is 10.8. The molecule has 0 saturated carbocycles. The van der Waals surface area contributed by atoms with Crippen molar-refractivity contribution in [1.29, 1.82) is 0 Å². The van der Waals surface area contributed by atoms with E-state index in [0.717, 1.165) is 36.6 Å². The summed E-state index contributed by atoms with van der Waals surface area (Å²) in [6.45, 7) is 1.69. The van der Waals surface area contributed by atoms with Gasteiger partial charge in [-0.1, -0.05) is 48.5 Å². The zero-order valence-corrected chi connectivity index (χ0v) is 19.1. The van der Waals surface area contributed by atoms with Gasteiger partial charge in [0.15, 0.2) is 0 Å². The molecule has 3 aromatic carbocycles. The lowest BCUT2D eigenvalue weighted by Gasteiger charge is -2.19. The van der Waals surface area contributed by atoms with Gasteiger partial charge in [0, 0.05) is 30.9 Å². The average molecular weight is 454 g/mol. The minimum absolute atomic E-state index is 0.348. The van der Waals surface area contributed by atoms with Gasteiger partial charge in [0.05, 0.1) is 5.56 Å². The van der Waals surface area contributed by atoms with Crippen molar-refractivity contribution in [2.45, 2.75) is 13.0 Å². The topological polar surface area (TPSA) is 77.7 Å². The van der Waals surface area contributed by atoms with Crippen molar-refractivity contribution >= 4 is 5.91 Å². The number of aromatic nitrogens is 1. The summed E-state index contributed by atoms with van der Waals surface area (Å²) in [6.07, 6.45) is 2.31. The van der Waals surface area contributed by atoms with Gasteiger partial charge in [0.2, 0.25) is 11.8 Å². The highest BCUT2D eigenvalue weighted by atomic mass is 16.5. The molecule has 4 aromatic rings. The molecule has 0 atom stereocenters. The summed E-state index contributed by atoms with van der Waals surface area (Å²) >= 11 is 0. The van der Waals surface area contributed by atoms with Gasteiger partial charge in [0.1, 0.15) is 17.2 Å². The average Bonchev–Trinajstić information content (AvgIpc) is 2.86. The van der Waals surface area contributed by atoms with Crippen molar-refractivity contribution in [3.8, 4) is 23.1 Å². The minimum Gasteiger partial charge on any atom is -0.457 e. The molecule has 6 heteroatoms. The van der Waals surface area contributed by atoms with Crippen LogP contribution in [0.4, 0.5) is 0 Å². The maximum atomic E-state index is 11.1. The summed E-state index contributed by atoms with van der Waals surface area (Å²) in [5.41, 5.74) is 7.94. The summed E-state index contributed by atoms with van der Waals surface area (Å²) in [5, 5.41) is 0. The number of benzene rings is 3. The third-order valence-electron chi connectivity index (χ3n) is 5.33. The quantitative estimate of drug-likeness (QED) is 0.346. The van der Waals surface area contributed by atoms with E-state index in [2.05, 4.69) is 23.0 Å². The van der Waals surface area contributed by atoms with Gasteiger partial charge in [-0.15, -0.1) is 0 Å².